The van der Waals surface area contributed by atoms with Crippen LogP contribution in [-0.4, -0.2) is 30.2 Å². The Kier molecular flexibility index (Phi) is 4.53. The maximum absolute atomic E-state index is 6.17. The Morgan fingerprint density at radius 1 is 0.917 bits per heavy atom. The van der Waals surface area contributed by atoms with Gasteiger partial charge < -0.3 is 0 Å². The Hall–Kier alpha value is -1.48. The standard InChI is InChI=1S/C19H22N3PS/c24-23(17-7-3-1-4-8-17,18-9-5-2-6-10-18)21-20-19-15-22-13-11-16(19)12-14-22/h1-10,16H,11-15H2,(H,21,24)/b20-19-. The first-order chi connectivity index (χ1) is 11.8. The molecule has 0 radical (unpaired) electrons. The molecule has 3 heterocycles. The summed E-state index contributed by atoms with van der Waals surface area (Å²) in [5, 5.41) is 10.7. The Labute approximate surface area is 148 Å². The van der Waals surface area contributed by atoms with Crippen molar-refractivity contribution in [1.82, 2.24) is 10.1 Å². The molecule has 2 bridgehead atoms. The molecule has 5 heteroatoms. The second-order valence-electron chi connectivity index (χ2n) is 6.53. The van der Waals surface area contributed by atoms with E-state index < -0.39 is 6.19 Å². The number of piperidine rings is 3. The van der Waals surface area contributed by atoms with E-state index in [-0.39, 0.29) is 0 Å². The maximum atomic E-state index is 6.17. The van der Waals surface area contributed by atoms with Crippen LogP contribution in [0.5, 0.6) is 0 Å². The van der Waals surface area contributed by atoms with E-state index in [2.05, 4.69) is 58.6 Å². The van der Waals surface area contributed by atoms with Crippen molar-refractivity contribution >= 4 is 34.3 Å². The Morgan fingerprint density at radius 2 is 1.46 bits per heavy atom. The summed E-state index contributed by atoms with van der Waals surface area (Å²) in [7, 11) is 0. The summed E-state index contributed by atoms with van der Waals surface area (Å²) in [5.41, 5.74) is 1.29. The summed E-state index contributed by atoms with van der Waals surface area (Å²) < 4.78 is 0. The molecule has 0 spiro atoms. The minimum absolute atomic E-state index is 0.637. The summed E-state index contributed by atoms with van der Waals surface area (Å²) in [6.45, 7) is 3.43. The van der Waals surface area contributed by atoms with Crippen LogP contribution in [0.3, 0.4) is 0 Å². The second-order valence-corrected chi connectivity index (χ2v) is 10.6. The van der Waals surface area contributed by atoms with Crippen molar-refractivity contribution in [3.8, 4) is 0 Å². The molecule has 3 aliphatic heterocycles. The van der Waals surface area contributed by atoms with E-state index in [4.69, 9.17) is 16.9 Å². The first-order valence-corrected chi connectivity index (χ1v) is 11.3. The molecule has 0 atom stereocenters. The van der Waals surface area contributed by atoms with Crippen molar-refractivity contribution in [3.05, 3.63) is 60.7 Å². The highest BCUT2D eigenvalue weighted by molar-refractivity contribution is 8.20. The molecule has 3 saturated heterocycles. The van der Waals surface area contributed by atoms with Gasteiger partial charge in [-0.1, -0.05) is 72.5 Å². The fourth-order valence-corrected chi connectivity index (χ4v) is 6.42. The van der Waals surface area contributed by atoms with Crippen molar-refractivity contribution in [1.29, 1.82) is 0 Å². The highest BCUT2D eigenvalue weighted by Gasteiger charge is 2.31. The zero-order valence-corrected chi connectivity index (χ0v) is 15.3. The van der Waals surface area contributed by atoms with E-state index in [0.29, 0.717) is 5.92 Å². The predicted octanol–water partition coefficient (Wildman–Crippen LogP) is 2.70. The van der Waals surface area contributed by atoms with Gasteiger partial charge in [-0.15, -0.1) is 0 Å². The Balaban J connectivity index is 1.68. The molecule has 0 unspecified atom stereocenters. The lowest BCUT2D eigenvalue weighted by molar-refractivity contribution is 0.200. The van der Waals surface area contributed by atoms with Crippen LogP contribution in [0.2, 0.25) is 0 Å². The maximum Gasteiger partial charge on any atom is 0.106 e. The smallest absolute Gasteiger partial charge is 0.106 e. The van der Waals surface area contributed by atoms with Crippen LogP contribution in [0.4, 0.5) is 0 Å². The average Bonchev–Trinajstić information content (AvgIpc) is 2.68. The number of nitrogens with zero attached hydrogens (tertiary/aromatic N) is 2. The largest absolute Gasteiger partial charge is 0.298 e. The molecule has 2 aromatic rings. The van der Waals surface area contributed by atoms with Gasteiger partial charge in [-0.25, -0.2) is 0 Å². The minimum Gasteiger partial charge on any atom is -0.298 e. The van der Waals surface area contributed by atoms with Gasteiger partial charge in [0.2, 0.25) is 0 Å². The average molecular weight is 355 g/mol. The number of hydrazone groups is 1. The highest BCUT2D eigenvalue weighted by Crippen LogP contribution is 2.39. The van der Waals surface area contributed by atoms with Crippen molar-refractivity contribution < 1.29 is 0 Å². The number of hydrogen-bond donors (Lipinski definition) is 1. The fourth-order valence-electron chi connectivity index (χ4n) is 3.58. The number of fused-ring (bicyclic) bond motifs is 3. The minimum atomic E-state index is -2.14. The van der Waals surface area contributed by atoms with Gasteiger partial charge in [0, 0.05) is 23.1 Å². The molecule has 0 saturated carbocycles. The van der Waals surface area contributed by atoms with Crippen LogP contribution < -0.4 is 15.8 Å². The van der Waals surface area contributed by atoms with Crippen molar-refractivity contribution in [2.24, 2.45) is 11.0 Å². The zero-order chi connectivity index (χ0) is 16.4. The normalized spacial score (nSPS) is 24.9. The summed E-state index contributed by atoms with van der Waals surface area (Å²) in [4.78, 5) is 2.50. The number of nitrogens with one attached hydrogen (secondary N) is 1. The molecular weight excluding hydrogens is 333 g/mol. The van der Waals surface area contributed by atoms with Crippen LogP contribution in [-0.2, 0) is 11.8 Å². The first-order valence-electron chi connectivity index (χ1n) is 8.53. The van der Waals surface area contributed by atoms with Crippen molar-refractivity contribution in [2.75, 3.05) is 19.6 Å². The summed E-state index contributed by atoms with van der Waals surface area (Å²) in [5.74, 6) is 0.637. The van der Waals surface area contributed by atoms with Crippen molar-refractivity contribution in [2.45, 2.75) is 12.8 Å². The molecule has 0 aromatic heterocycles. The van der Waals surface area contributed by atoms with Gasteiger partial charge >= 0.3 is 0 Å². The van der Waals surface area contributed by atoms with Gasteiger partial charge in [0.25, 0.3) is 0 Å². The molecule has 124 valence electrons. The molecule has 3 nitrogen and oxygen atoms in total. The molecule has 3 fully saturated rings. The SMILES string of the molecule is S=P(N/N=C1/CN2CCC1CC2)(c1ccccc1)c1ccccc1. The van der Waals surface area contributed by atoms with Crippen LogP contribution in [0, 0.1) is 5.92 Å². The van der Waals surface area contributed by atoms with Crippen LogP contribution in [0.1, 0.15) is 12.8 Å². The third-order valence-corrected chi connectivity index (χ3v) is 8.96. The van der Waals surface area contributed by atoms with Gasteiger partial charge in [0.1, 0.15) is 6.19 Å². The lowest BCUT2D eigenvalue weighted by Gasteiger charge is -2.40. The van der Waals surface area contributed by atoms with Gasteiger partial charge in [-0.05, 0) is 25.9 Å². The molecule has 2 aromatic carbocycles. The summed E-state index contributed by atoms with van der Waals surface area (Å²) in [6.07, 6.45) is 0.337. The van der Waals surface area contributed by atoms with E-state index in [1.54, 1.807) is 0 Å². The Bertz CT molecular complexity index is 724. The molecule has 5 rings (SSSR count). The van der Waals surface area contributed by atoms with Crippen LogP contribution in [0.25, 0.3) is 0 Å². The zero-order valence-electron chi connectivity index (χ0n) is 13.6. The third-order valence-electron chi connectivity index (χ3n) is 5.02. The summed E-state index contributed by atoms with van der Waals surface area (Å²) in [6, 6.07) is 20.8. The number of rotatable bonds is 4. The molecular formula is C19H22N3PS. The predicted molar refractivity (Wildman–Crippen MR) is 106 cm³/mol. The number of benzene rings is 2. The lowest BCUT2D eigenvalue weighted by Crippen LogP contribution is -2.48. The van der Waals surface area contributed by atoms with Crippen LogP contribution >= 0.6 is 6.19 Å². The topological polar surface area (TPSA) is 27.6 Å². The monoisotopic (exact) mass is 355 g/mol. The lowest BCUT2D eigenvalue weighted by atomic mass is 9.87. The highest BCUT2D eigenvalue weighted by atomic mass is 32.4. The van der Waals surface area contributed by atoms with Crippen LogP contribution in [0.15, 0.2) is 65.8 Å². The molecule has 1 N–H and O–H groups in total. The molecule has 0 aliphatic carbocycles. The summed E-state index contributed by atoms with van der Waals surface area (Å²) >= 11 is 6.17. The molecule has 3 aliphatic rings. The number of hydrogen-bond acceptors (Lipinski definition) is 3. The van der Waals surface area contributed by atoms with E-state index in [9.17, 15) is 0 Å². The second kappa shape index (κ2) is 6.79. The fraction of sp³-hybridized carbons (Fsp3) is 0.316. The first kappa shape index (κ1) is 16.0. The van der Waals surface area contributed by atoms with Gasteiger partial charge in [-0.2, -0.15) is 5.10 Å². The third kappa shape index (κ3) is 3.06. The van der Waals surface area contributed by atoms with E-state index >= 15 is 0 Å². The van der Waals surface area contributed by atoms with Crippen molar-refractivity contribution in [3.63, 3.8) is 0 Å². The van der Waals surface area contributed by atoms with Gasteiger partial charge in [-0.3, -0.25) is 10.1 Å². The van der Waals surface area contributed by atoms with E-state index in [0.717, 1.165) is 17.2 Å². The quantitative estimate of drug-likeness (QED) is 0.675. The molecule has 24 heavy (non-hydrogen) atoms. The van der Waals surface area contributed by atoms with E-state index in [1.807, 2.05) is 12.1 Å². The Morgan fingerprint density at radius 3 is 1.92 bits per heavy atom. The van der Waals surface area contributed by atoms with E-state index in [1.165, 1.54) is 31.6 Å². The van der Waals surface area contributed by atoms with Gasteiger partial charge in [0.05, 0.1) is 5.71 Å². The molecule has 0 amide bonds. The van der Waals surface area contributed by atoms with Gasteiger partial charge in [0.15, 0.2) is 0 Å².